The lowest BCUT2D eigenvalue weighted by molar-refractivity contribution is 0.531. The monoisotopic (exact) mass is 293 g/mol. The maximum Gasteiger partial charge on any atom is 0.136 e. The summed E-state index contributed by atoms with van der Waals surface area (Å²) in [6.45, 7) is 7.71. The number of halogens is 2. The largest absolute Gasteiger partial charge is 0.598 e. The number of rotatable bonds is 3. The predicted octanol–water partition coefficient (Wildman–Crippen LogP) is 4.11. The molecule has 1 rings (SSSR count). The topological polar surface area (TPSA) is 35.1 Å². The molecular weight excluding hydrogens is 277 g/mol. The van der Waals surface area contributed by atoms with E-state index in [9.17, 15) is 4.55 Å². The first kappa shape index (κ1) is 15.1. The fourth-order valence-corrected chi connectivity index (χ4v) is 2.58. The average molecular weight is 294 g/mol. The average Bonchev–Trinajstić information content (AvgIpc) is 2.14. The van der Waals surface area contributed by atoms with Crippen molar-refractivity contribution in [3.05, 3.63) is 33.8 Å². The normalized spacial score (nSPS) is 15.7. The van der Waals surface area contributed by atoms with Crippen LogP contribution in [0.25, 0.3) is 0 Å². The molecule has 17 heavy (non-hydrogen) atoms. The second kappa shape index (κ2) is 5.81. The molecule has 1 aromatic rings. The van der Waals surface area contributed by atoms with E-state index in [0.717, 1.165) is 5.56 Å². The fourth-order valence-electron chi connectivity index (χ4n) is 1.23. The Balaban J connectivity index is 2.79. The minimum absolute atomic E-state index is 0.0636. The van der Waals surface area contributed by atoms with Crippen molar-refractivity contribution in [3.8, 4) is 0 Å². The summed E-state index contributed by atoms with van der Waals surface area (Å²) in [5.41, 5.74) is 0.931. The van der Waals surface area contributed by atoms with Gasteiger partial charge in [-0.3, -0.25) is 0 Å². The van der Waals surface area contributed by atoms with Crippen molar-refractivity contribution in [1.82, 2.24) is 4.72 Å². The molecule has 0 amide bonds. The van der Waals surface area contributed by atoms with E-state index in [1.165, 1.54) is 0 Å². The third kappa shape index (κ3) is 4.68. The molecule has 0 aromatic heterocycles. The van der Waals surface area contributed by atoms with E-state index in [2.05, 4.69) is 4.72 Å². The lowest BCUT2D eigenvalue weighted by atomic mass is 10.1. The molecule has 0 bridgehead atoms. The van der Waals surface area contributed by atoms with Crippen LogP contribution in [0.4, 0.5) is 0 Å². The second-order valence-electron chi connectivity index (χ2n) is 4.92. The minimum Gasteiger partial charge on any atom is -0.598 e. The Bertz CT molecular complexity index is 372. The zero-order chi connectivity index (χ0) is 13.2. The molecule has 1 unspecified atom stereocenters. The van der Waals surface area contributed by atoms with Crippen LogP contribution in [0.15, 0.2) is 18.2 Å². The van der Waals surface area contributed by atoms with Gasteiger partial charge in [-0.25, -0.2) is 0 Å². The fraction of sp³-hybridized carbons (Fsp3) is 0.500. The molecule has 2 atom stereocenters. The van der Waals surface area contributed by atoms with Gasteiger partial charge in [-0.2, -0.15) is 0 Å². The third-order valence-corrected chi connectivity index (χ3v) is 4.34. The highest BCUT2D eigenvalue weighted by molar-refractivity contribution is 7.90. The van der Waals surface area contributed by atoms with Gasteiger partial charge < -0.3 is 4.55 Å². The van der Waals surface area contributed by atoms with E-state index in [-0.39, 0.29) is 10.8 Å². The second-order valence-corrected chi connectivity index (χ2v) is 7.79. The minimum atomic E-state index is -1.12. The third-order valence-electron chi connectivity index (χ3n) is 2.22. The highest BCUT2D eigenvalue weighted by Crippen LogP contribution is 2.25. The van der Waals surface area contributed by atoms with Crippen molar-refractivity contribution in [2.24, 2.45) is 0 Å². The summed E-state index contributed by atoms with van der Waals surface area (Å²) in [7, 11) is 0. The Morgan fingerprint density at radius 1 is 1.18 bits per heavy atom. The van der Waals surface area contributed by atoms with E-state index < -0.39 is 11.4 Å². The lowest BCUT2D eigenvalue weighted by Gasteiger charge is -2.26. The van der Waals surface area contributed by atoms with E-state index in [0.29, 0.717) is 10.0 Å². The molecule has 0 aliphatic carbocycles. The SMILES string of the molecule is CC(N[S@@+]([O-])C(C)(C)C)c1cc(Cl)cc(Cl)c1. The molecule has 0 spiro atoms. The van der Waals surface area contributed by atoms with Crippen LogP contribution in [0.3, 0.4) is 0 Å². The van der Waals surface area contributed by atoms with Gasteiger partial charge in [0.15, 0.2) is 0 Å². The quantitative estimate of drug-likeness (QED) is 0.852. The van der Waals surface area contributed by atoms with E-state index in [4.69, 9.17) is 23.2 Å². The summed E-state index contributed by atoms with van der Waals surface area (Å²) < 4.78 is 14.7. The van der Waals surface area contributed by atoms with Crippen molar-refractivity contribution in [1.29, 1.82) is 0 Å². The van der Waals surface area contributed by atoms with Gasteiger partial charge in [-0.05, 0) is 51.5 Å². The standard InChI is InChI=1S/C12H17Cl2NOS/c1-8(15-17(16)12(2,3)4)9-5-10(13)7-11(14)6-9/h5-8,15H,1-4H3/t8?,17-/m0/s1. The molecule has 1 N–H and O–H groups in total. The predicted molar refractivity (Wildman–Crippen MR) is 75.9 cm³/mol. The van der Waals surface area contributed by atoms with Gasteiger partial charge in [0.05, 0.1) is 6.04 Å². The zero-order valence-corrected chi connectivity index (χ0v) is 12.7. The van der Waals surface area contributed by atoms with Crippen molar-refractivity contribution in [2.75, 3.05) is 0 Å². The maximum absolute atomic E-state index is 12.0. The number of nitrogens with one attached hydrogen (secondary N) is 1. The molecule has 0 aliphatic rings. The van der Waals surface area contributed by atoms with Crippen LogP contribution < -0.4 is 4.72 Å². The molecular formula is C12H17Cl2NOS. The van der Waals surface area contributed by atoms with Crippen LogP contribution in [0, 0.1) is 0 Å². The van der Waals surface area contributed by atoms with Crippen LogP contribution in [0.2, 0.25) is 10.0 Å². The molecule has 5 heteroatoms. The highest BCUT2D eigenvalue weighted by Gasteiger charge is 2.28. The molecule has 0 saturated carbocycles. The maximum atomic E-state index is 12.0. The Labute approximate surface area is 116 Å². The van der Waals surface area contributed by atoms with Crippen molar-refractivity contribution < 1.29 is 4.55 Å². The first-order chi connectivity index (χ1) is 7.70. The zero-order valence-electron chi connectivity index (χ0n) is 10.4. The van der Waals surface area contributed by atoms with Crippen LogP contribution in [-0.4, -0.2) is 9.30 Å². The summed E-state index contributed by atoms with van der Waals surface area (Å²) in [5.74, 6) is 0. The summed E-state index contributed by atoms with van der Waals surface area (Å²) in [5, 5.41) is 1.17. The Kier molecular flexibility index (Phi) is 5.17. The lowest BCUT2D eigenvalue weighted by Crippen LogP contribution is -2.40. The molecule has 0 fully saturated rings. The molecule has 0 heterocycles. The smallest absolute Gasteiger partial charge is 0.136 e. The Hall–Kier alpha value is 0.0700. The van der Waals surface area contributed by atoms with Crippen molar-refractivity contribution in [2.45, 2.75) is 38.5 Å². The molecule has 0 saturated heterocycles. The Morgan fingerprint density at radius 3 is 2.06 bits per heavy atom. The van der Waals surface area contributed by atoms with E-state index in [1.807, 2.05) is 39.8 Å². The van der Waals surface area contributed by atoms with Gasteiger partial charge in [0.2, 0.25) is 0 Å². The van der Waals surface area contributed by atoms with E-state index in [1.54, 1.807) is 6.07 Å². The van der Waals surface area contributed by atoms with Gasteiger partial charge in [0.1, 0.15) is 4.75 Å². The van der Waals surface area contributed by atoms with Crippen molar-refractivity contribution >= 4 is 34.6 Å². The molecule has 1 aromatic carbocycles. The van der Waals surface area contributed by atoms with Gasteiger partial charge in [-0.15, -0.1) is 4.72 Å². The molecule has 0 radical (unpaired) electrons. The Morgan fingerprint density at radius 2 is 1.65 bits per heavy atom. The highest BCUT2D eigenvalue weighted by atomic mass is 35.5. The van der Waals surface area contributed by atoms with Crippen LogP contribution in [0.1, 0.15) is 39.3 Å². The summed E-state index contributed by atoms with van der Waals surface area (Å²) in [4.78, 5) is 0. The van der Waals surface area contributed by atoms with Gasteiger partial charge in [0.25, 0.3) is 0 Å². The first-order valence-corrected chi connectivity index (χ1v) is 7.25. The summed E-state index contributed by atoms with van der Waals surface area (Å²) in [6, 6.07) is 5.27. The number of hydrogen-bond acceptors (Lipinski definition) is 2. The van der Waals surface area contributed by atoms with Gasteiger partial charge in [0, 0.05) is 21.4 Å². The van der Waals surface area contributed by atoms with Crippen LogP contribution >= 0.6 is 23.2 Å². The number of hydrogen-bond donors (Lipinski definition) is 1. The summed E-state index contributed by atoms with van der Waals surface area (Å²) >= 11 is 10.7. The van der Waals surface area contributed by atoms with Crippen molar-refractivity contribution in [3.63, 3.8) is 0 Å². The molecule has 2 nitrogen and oxygen atoms in total. The van der Waals surface area contributed by atoms with Crippen LogP contribution in [0.5, 0.6) is 0 Å². The summed E-state index contributed by atoms with van der Waals surface area (Å²) in [6.07, 6.45) is 0. The molecule has 0 aliphatic heterocycles. The first-order valence-electron chi connectivity index (χ1n) is 5.34. The number of benzene rings is 1. The molecule has 96 valence electrons. The van der Waals surface area contributed by atoms with E-state index >= 15 is 0 Å². The van der Waals surface area contributed by atoms with Gasteiger partial charge in [-0.1, -0.05) is 23.2 Å². The van der Waals surface area contributed by atoms with Crippen LogP contribution in [-0.2, 0) is 11.4 Å². The van der Waals surface area contributed by atoms with Gasteiger partial charge >= 0.3 is 0 Å².